The van der Waals surface area contributed by atoms with Crippen LogP contribution in [-0.4, -0.2) is 48.0 Å². The van der Waals surface area contributed by atoms with Crippen LogP contribution in [0.2, 0.25) is 0 Å². The van der Waals surface area contributed by atoms with E-state index in [4.69, 9.17) is 9.47 Å². The summed E-state index contributed by atoms with van der Waals surface area (Å²) in [6, 6.07) is 4.59. The number of ether oxygens (including phenoxy) is 2. The van der Waals surface area contributed by atoms with Crippen molar-refractivity contribution in [2.24, 2.45) is 5.92 Å². The third-order valence-electron chi connectivity index (χ3n) is 5.63. The summed E-state index contributed by atoms with van der Waals surface area (Å²) < 4.78 is 10.9. The van der Waals surface area contributed by atoms with Gasteiger partial charge in [0.2, 0.25) is 5.91 Å². The molecule has 1 saturated heterocycles. The number of urea groups is 1. The lowest BCUT2D eigenvalue weighted by atomic mass is 9.73. The fourth-order valence-electron chi connectivity index (χ4n) is 4.10. The number of benzene rings is 1. The molecular weight excluding hydrogens is 350 g/mol. The highest BCUT2D eigenvalue weighted by Crippen LogP contribution is 2.38. The molecule has 1 spiro atoms. The third kappa shape index (κ3) is 3.09. The number of anilines is 1. The molecule has 4 rings (SSSR count). The summed E-state index contributed by atoms with van der Waals surface area (Å²) in [7, 11) is 0. The number of rotatable bonds is 3. The summed E-state index contributed by atoms with van der Waals surface area (Å²) in [6.07, 6.45) is 3.46. The van der Waals surface area contributed by atoms with Crippen molar-refractivity contribution in [3.63, 3.8) is 0 Å². The van der Waals surface area contributed by atoms with E-state index in [2.05, 4.69) is 10.6 Å². The Morgan fingerprint density at radius 1 is 1.26 bits per heavy atom. The molecule has 2 unspecified atom stereocenters. The Bertz CT molecular complexity index is 796. The summed E-state index contributed by atoms with van der Waals surface area (Å²) in [4.78, 5) is 38.7. The predicted molar refractivity (Wildman–Crippen MR) is 96.7 cm³/mol. The quantitative estimate of drug-likeness (QED) is 0.789. The number of imide groups is 1. The minimum Gasteiger partial charge on any atom is -0.486 e. The van der Waals surface area contributed by atoms with Crippen molar-refractivity contribution < 1.29 is 23.9 Å². The lowest BCUT2D eigenvalue weighted by Crippen LogP contribution is -2.54. The second kappa shape index (κ2) is 6.75. The van der Waals surface area contributed by atoms with E-state index in [1.807, 2.05) is 6.92 Å². The van der Waals surface area contributed by atoms with Crippen LogP contribution >= 0.6 is 0 Å². The highest BCUT2D eigenvalue weighted by molar-refractivity contribution is 6.10. The van der Waals surface area contributed by atoms with Crippen molar-refractivity contribution in [3.8, 4) is 11.5 Å². The Balaban J connectivity index is 1.43. The highest BCUT2D eigenvalue weighted by Gasteiger charge is 2.55. The van der Waals surface area contributed by atoms with Gasteiger partial charge in [-0.25, -0.2) is 4.79 Å². The van der Waals surface area contributed by atoms with E-state index in [9.17, 15) is 14.4 Å². The van der Waals surface area contributed by atoms with E-state index in [1.54, 1.807) is 18.2 Å². The zero-order chi connectivity index (χ0) is 19.0. The molecule has 2 aliphatic heterocycles. The summed E-state index contributed by atoms with van der Waals surface area (Å²) in [5.41, 5.74) is -0.330. The van der Waals surface area contributed by atoms with Gasteiger partial charge in [0.15, 0.2) is 11.5 Å². The van der Waals surface area contributed by atoms with Gasteiger partial charge >= 0.3 is 6.03 Å². The molecule has 2 N–H and O–H groups in total. The van der Waals surface area contributed by atoms with Crippen LogP contribution in [0.5, 0.6) is 11.5 Å². The van der Waals surface area contributed by atoms with Gasteiger partial charge in [0.1, 0.15) is 25.3 Å². The van der Waals surface area contributed by atoms with Crippen LogP contribution in [0.1, 0.15) is 32.6 Å². The molecule has 27 heavy (non-hydrogen) atoms. The Labute approximate surface area is 157 Å². The number of nitrogens with one attached hydrogen (secondary N) is 2. The maximum atomic E-state index is 12.9. The van der Waals surface area contributed by atoms with Gasteiger partial charge in [-0.2, -0.15) is 0 Å². The predicted octanol–water partition coefficient (Wildman–Crippen LogP) is 1.90. The fraction of sp³-hybridized carbons (Fsp3) is 0.526. The Kier molecular flexibility index (Phi) is 4.41. The van der Waals surface area contributed by atoms with Crippen LogP contribution in [0.4, 0.5) is 10.5 Å². The average Bonchev–Trinajstić information content (AvgIpc) is 2.89. The lowest BCUT2D eigenvalue weighted by Gasteiger charge is -2.36. The summed E-state index contributed by atoms with van der Waals surface area (Å²) >= 11 is 0. The summed E-state index contributed by atoms with van der Waals surface area (Å²) in [5.74, 6) is 0.520. The molecule has 1 aromatic rings. The largest absolute Gasteiger partial charge is 0.486 e. The maximum absolute atomic E-state index is 12.9. The topological polar surface area (TPSA) is 97.0 Å². The van der Waals surface area contributed by atoms with Gasteiger partial charge in [-0.3, -0.25) is 14.5 Å². The average molecular weight is 373 g/mol. The molecule has 0 bridgehead atoms. The Morgan fingerprint density at radius 3 is 2.81 bits per heavy atom. The summed E-state index contributed by atoms with van der Waals surface area (Å²) in [5, 5.41) is 5.56. The number of carbonyl (C=O) groups excluding carboxylic acids is 3. The van der Waals surface area contributed by atoms with Crippen LogP contribution in [0, 0.1) is 5.92 Å². The molecule has 144 valence electrons. The molecule has 0 aromatic heterocycles. The smallest absolute Gasteiger partial charge is 0.325 e. The molecule has 8 heteroatoms. The third-order valence-corrected chi connectivity index (χ3v) is 5.63. The molecule has 8 nitrogen and oxygen atoms in total. The van der Waals surface area contributed by atoms with Crippen LogP contribution in [-0.2, 0) is 9.59 Å². The van der Waals surface area contributed by atoms with Crippen LogP contribution in [0.3, 0.4) is 0 Å². The van der Waals surface area contributed by atoms with Gasteiger partial charge in [0, 0.05) is 11.8 Å². The molecule has 4 amide bonds. The van der Waals surface area contributed by atoms with Gasteiger partial charge in [-0.1, -0.05) is 19.8 Å². The van der Waals surface area contributed by atoms with Crippen molar-refractivity contribution in [2.75, 3.05) is 25.1 Å². The Morgan fingerprint density at radius 2 is 2.04 bits per heavy atom. The fourth-order valence-corrected chi connectivity index (χ4v) is 4.10. The summed E-state index contributed by atoms with van der Waals surface area (Å²) in [6.45, 7) is 2.61. The van der Waals surface area contributed by atoms with E-state index in [0.29, 0.717) is 36.8 Å². The zero-order valence-corrected chi connectivity index (χ0v) is 15.2. The molecule has 3 aliphatic rings. The second-order valence-electron chi connectivity index (χ2n) is 7.35. The molecule has 2 heterocycles. The lowest BCUT2D eigenvalue weighted by molar-refractivity contribution is -0.136. The van der Waals surface area contributed by atoms with E-state index in [0.717, 1.165) is 24.2 Å². The number of hydrogen-bond donors (Lipinski definition) is 2. The van der Waals surface area contributed by atoms with E-state index >= 15 is 0 Å². The first-order valence-electron chi connectivity index (χ1n) is 9.33. The molecule has 2 atom stereocenters. The zero-order valence-electron chi connectivity index (χ0n) is 15.2. The van der Waals surface area contributed by atoms with Crippen molar-refractivity contribution in [3.05, 3.63) is 18.2 Å². The number of carbonyl (C=O) groups is 3. The highest BCUT2D eigenvalue weighted by atomic mass is 16.6. The minimum atomic E-state index is -0.855. The van der Waals surface area contributed by atoms with Gasteiger partial charge in [0.05, 0.1) is 0 Å². The molecule has 1 aliphatic carbocycles. The molecule has 1 saturated carbocycles. The standard InChI is InChI=1S/C19H23N3O5/c1-12-4-2-3-7-19(12)17(24)22(18(25)21-19)11-16(23)20-13-5-6-14-15(10-13)27-9-8-26-14/h5-6,10,12H,2-4,7-9,11H2,1H3,(H,20,23)(H,21,25). The number of nitrogens with zero attached hydrogens (tertiary/aromatic N) is 1. The maximum Gasteiger partial charge on any atom is 0.325 e. The van der Waals surface area contributed by atoms with Crippen LogP contribution in [0.15, 0.2) is 18.2 Å². The monoisotopic (exact) mass is 373 g/mol. The van der Waals surface area contributed by atoms with Gasteiger partial charge in [-0.15, -0.1) is 0 Å². The van der Waals surface area contributed by atoms with Crippen molar-refractivity contribution in [1.82, 2.24) is 10.2 Å². The first-order chi connectivity index (χ1) is 13.0. The SMILES string of the molecule is CC1CCCCC12NC(=O)N(CC(=O)Nc1ccc3c(c1)OCCO3)C2=O. The van der Waals surface area contributed by atoms with Crippen molar-refractivity contribution in [2.45, 2.75) is 38.1 Å². The molecular formula is C19H23N3O5. The second-order valence-corrected chi connectivity index (χ2v) is 7.35. The number of amides is 4. The van der Waals surface area contributed by atoms with E-state index in [1.165, 1.54) is 0 Å². The van der Waals surface area contributed by atoms with E-state index in [-0.39, 0.29) is 18.4 Å². The molecule has 0 radical (unpaired) electrons. The molecule has 2 fully saturated rings. The van der Waals surface area contributed by atoms with Crippen molar-refractivity contribution in [1.29, 1.82) is 0 Å². The van der Waals surface area contributed by atoms with E-state index < -0.39 is 17.5 Å². The van der Waals surface area contributed by atoms with Crippen molar-refractivity contribution >= 4 is 23.5 Å². The van der Waals surface area contributed by atoms with Gasteiger partial charge in [-0.05, 0) is 30.9 Å². The van der Waals surface area contributed by atoms with Gasteiger partial charge < -0.3 is 20.1 Å². The van der Waals surface area contributed by atoms with Crippen LogP contribution in [0.25, 0.3) is 0 Å². The number of fused-ring (bicyclic) bond motifs is 1. The first-order valence-corrected chi connectivity index (χ1v) is 9.33. The normalized spacial score (nSPS) is 26.9. The number of hydrogen-bond acceptors (Lipinski definition) is 5. The minimum absolute atomic E-state index is 0.0635. The van der Waals surface area contributed by atoms with Gasteiger partial charge in [0.25, 0.3) is 5.91 Å². The van der Waals surface area contributed by atoms with Crippen LogP contribution < -0.4 is 20.1 Å². The Hall–Kier alpha value is -2.77. The first kappa shape index (κ1) is 17.6. The molecule has 1 aromatic carbocycles.